The molecule has 0 radical (unpaired) electrons. The fourth-order valence-corrected chi connectivity index (χ4v) is 0.811. The molecule has 56 valence electrons. The standard InChI is InChI=1S/C8H11N.CH4/c9-7-6-8-4-2-1-3-5-8;/h1-5H,6-7,9H2;1H4. The van der Waals surface area contributed by atoms with Gasteiger partial charge in [-0.15, -0.1) is 0 Å². The van der Waals surface area contributed by atoms with Gasteiger partial charge in [-0.3, -0.25) is 0 Å². The van der Waals surface area contributed by atoms with E-state index in [1.54, 1.807) is 0 Å². The van der Waals surface area contributed by atoms with Crippen molar-refractivity contribution >= 4 is 0 Å². The van der Waals surface area contributed by atoms with Gasteiger partial charge >= 0.3 is 0 Å². The van der Waals surface area contributed by atoms with Crippen LogP contribution < -0.4 is 5.73 Å². The maximum absolute atomic E-state index is 5.36. The van der Waals surface area contributed by atoms with E-state index in [-0.39, 0.29) is 7.43 Å². The fourth-order valence-electron chi connectivity index (χ4n) is 0.811. The number of hydrogen-bond donors (Lipinski definition) is 1. The van der Waals surface area contributed by atoms with Crippen molar-refractivity contribution in [1.82, 2.24) is 0 Å². The van der Waals surface area contributed by atoms with Crippen LogP contribution in [0.5, 0.6) is 0 Å². The number of nitrogens with two attached hydrogens (primary N) is 1. The van der Waals surface area contributed by atoms with Crippen LogP contribution in [0.4, 0.5) is 0 Å². The van der Waals surface area contributed by atoms with E-state index in [1.807, 2.05) is 18.2 Å². The van der Waals surface area contributed by atoms with Gasteiger partial charge < -0.3 is 5.73 Å². The summed E-state index contributed by atoms with van der Waals surface area (Å²) < 4.78 is 0. The first kappa shape index (κ1) is 9.18. The Morgan fingerprint density at radius 3 is 2.20 bits per heavy atom. The van der Waals surface area contributed by atoms with Crippen LogP contribution in [0.25, 0.3) is 0 Å². The maximum atomic E-state index is 5.36. The number of benzene rings is 1. The average molecular weight is 137 g/mol. The zero-order chi connectivity index (χ0) is 6.53. The zero-order valence-electron chi connectivity index (χ0n) is 5.38. The molecule has 0 aliphatic carbocycles. The maximum Gasteiger partial charge on any atom is -0.00367 e. The van der Waals surface area contributed by atoms with Gasteiger partial charge in [-0.2, -0.15) is 0 Å². The summed E-state index contributed by atoms with van der Waals surface area (Å²) in [6.45, 7) is 0.740. The Balaban J connectivity index is 0.000000810. The Kier molecular flexibility index (Phi) is 4.59. The van der Waals surface area contributed by atoms with Crippen LogP contribution in [0.2, 0.25) is 0 Å². The summed E-state index contributed by atoms with van der Waals surface area (Å²) in [5.74, 6) is 0. The van der Waals surface area contributed by atoms with Gasteiger partial charge in [0, 0.05) is 0 Å². The largest absolute Gasteiger partial charge is 0.330 e. The Morgan fingerprint density at radius 1 is 1.10 bits per heavy atom. The predicted octanol–water partition coefficient (Wildman–Crippen LogP) is 1.82. The third kappa shape index (κ3) is 2.65. The minimum atomic E-state index is 0. The van der Waals surface area contributed by atoms with Gasteiger partial charge in [0.2, 0.25) is 0 Å². The van der Waals surface area contributed by atoms with Crippen LogP contribution in [0.15, 0.2) is 30.3 Å². The zero-order valence-corrected chi connectivity index (χ0v) is 5.38. The third-order valence-electron chi connectivity index (χ3n) is 1.28. The lowest BCUT2D eigenvalue weighted by Gasteiger charge is -1.93. The van der Waals surface area contributed by atoms with Crippen molar-refractivity contribution in [2.45, 2.75) is 13.8 Å². The van der Waals surface area contributed by atoms with E-state index < -0.39 is 0 Å². The van der Waals surface area contributed by atoms with Crippen LogP contribution in [0.1, 0.15) is 13.0 Å². The third-order valence-corrected chi connectivity index (χ3v) is 1.28. The molecule has 1 heteroatoms. The van der Waals surface area contributed by atoms with E-state index in [0.29, 0.717) is 0 Å². The Bertz CT molecular complexity index is 158. The molecule has 0 bridgehead atoms. The molecule has 0 atom stereocenters. The van der Waals surface area contributed by atoms with Gasteiger partial charge in [-0.05, 0) is 18.5 Å². The molecule has 1 rings (SSSR count). The molecule has 0 amide bonds. The van der Waals surface area contributed by atoms with Gasteiger partial charge in [0.25, 0.3) is 0 Å². The first-order valence-corrected chi connectivity index (χ1v) is 3.17. The van der Waals surface area contributed by atoms with Gasteiger partial charge in [0.1, 0.15) is 0 Å². The molecule has 1 aromatic rings. The van der Waals surface area contributed by atoms with Crippen molar-refractivity contribution in [3.63, 3.8) is 0 Å². The van der Waals surface area contributed by atoms with Crippen LogP contribution in [-0.4, -0.2) is 6.54 Å². The lowest BCUT2D eigenvalue weighted by atomic mass is 10.2. The molecular weight excluding hydrogens is 122 g/mol. The number of hydrogen-bond acceptors (Lipinski definition) is 1. The minimum absolute atomic E-state index is 0. The molecule has 0 saturated carbocycles. The van der Waals surface area contributed by atoms with Crippen LogP contribution in [0.3, 0.4) is 0 Å². The second-order valence-electron chi connectivity index (χ2n) is 2.02. The summed E-state index contributed by atoms with van der Waals surface area (Å²) in [4.78, 5) is 0. The van der Waals surface area contributed by atoms with E-state index in [2.05, 4.69) is 12.1 Å². The van der Waals surface area contributed by atoms with E-state index >= 15 is 0 Å². The molecule has 1 aromatic carbocycles. The fraction of sp³-hybridized carbons (Fsp3) is 0.333. The van der Waals surface area contributed by atoms with Crippen molar-refractivity contribution < 1.29 is 0 Å². The lowest BCUT2D eigenvalue weighted by Crippen LogP contribution is -2.01. The molecule has 2 N–H and O–H groups in total. The lowest BCUT2D eigenvalue weighted by molar-refractivity contribution is 0.969. The highest BCUT2D eigenvalue weighted by Crippen LogP contribution is 1.96. The summed E-state index contributed by atoms with van der Waals surface area (Å²) in [5.41, 5.74) is 6.68. The molecule has 0 aliphatic heterocycles. The van der Waals surface area contributed by atoms with Crippen molar-refractivity contribution in [2.24, 2.45) is 5.73 Å². The number of rotatable bonds is 2. The molecule has 0 saturated heterocycles. The molecule has 0 heterocycles. The molecule has 0 unspecified atom stereocenters. The molecule has 0 aliphatic rings. The molecule has 0 spiro atoms. The normalized spacial score (nSPS) is 8.50. The summed E-state index contributed by atoms with van der Waals surface area (Å²) in [5, 5.41) is 0. The van der Waals surface area contributed by atoms with E-state index in [0.717, 1.165) is 13.0 Å². The second-order valence-corrected chi connectivity index (χ2v) is 2.02. The Morgan fingerprint density at radius 2 is 1.70 bits per heavy atom. The van der Waals surface area contributed by atoms with Crippen molar-refractivity contribution in [3.8, 4) is 0 Å². The van der Waals surface area contributed by atoms with Crippen LogP contribution >= 0.6 is 0 Å². The monoisotopic (exact) mass is 137 g/mol. The Hall–Kier alpha value is -0.820. The summed E-state index contributed by atoms with van der Waals surface area (Å²) >= 11 is 0. The van der Waals surface area contributed by atoms with Crippen LogP contribution in [-0.2, 0) is 6.42 Å². The average Bonchev–Trinajstić information content (AvgIpc) is 1.91. The van der Waals surface area contributed by atoms with Gasteiger partial charge in [0.05, 0.1) is 0 Å². The quantitative estimate of drug-likeness (QED) is 0.661. The summed E-state index contributed by atoms with van der Waals surface area (Å²) in [6.07, 6.45) is 0.987. The van der Waals surface area contributed by atoms with Gasteiger partial charge in [0.15, 0.2) is 0 Å². The topological polar surface area (TPSA) is 26.0 Å². The van der Waals surface area contributed by atoms with Crippen LogP contribution in [0, 0.1) is 0 Å². The minimum Gasteiger partial charge on any atom is -0.330 e. The Labute approximate surface area is 62.9 Å². The summed E-state index contributed by atoms with van der Waals surface area (Å²) in [6, 6.07) is 10.3. The SMILES string of the molecule is C.NCCc1ccccc1. The molecule has 0 fully saturated rings. The van der Waals surface area contributed by atoms with E-state index in [4.69, 9.17) is 5.73 Å². The second kappa shape index (κ2) is 5.00. The van der Waals surface area contributed by atoms with Crippen molar-refractivity contribution in [1.29, 1.82) is 0 Å². The van der Waals surface area contributed by atoms with Gasteiger partial charge in [-0.1, -0.05) is 37.8 Å². The molecule has 1 nitrogen and oxygen atoms in total. The summed E-state index contributed by atoms with van der Waals surface area (Å²) in [7, 11) is 0. The van der Waals surface area contributed by atoms with Gasteiger partial charge in [-0.25, -0.2) is 0 Å². The first-order valence-electron chi connectivity index (χ1n) is 3.17. The predicted molar refractivity (Wildman–Crippen MR) is 45.9 cm³/mol. The highest BCUT2D eigenvalue weighted by Gasteiger charge is 1.84. The van der Waals surface area contributed by atoms with E-state index in [9.17, 15) is 0 Å². The molecule has 0 aromatic heterocycles. The first-order chi connectivity index (χ1) is 4.43. The van der Waals surface area contributed by atoms with Crippen molar-refractivity contribution in [3.05, 3.63) is 35.9 Å². The highest BCUT2D eigenvalue weighted by molar-refractivity contribution is 5.14. The molecular formula is C9H15N. The molecule has 10 heavy (non-hydrogen) atoms. The smallest absolute Gasteiger partial charge is 0.00367 e. The highest BCUT2D eigenvalue weighted by atomic mass is 14.5. The van der Waals surface area contributed by atoms with E-state index in [1.165, 1.54) is 5.56 Å². The van der Waals surface area contributed by atoms with Crippen molar-refractivity contribution in [2.75, 3.05) is 6.54 Å².